The summed E-state index contributed by atoms with van der Waals surface area (Å²) in [6, 6.07) is 9.45. The predicted octanol–water partition coefficient (Wildman–Crippen LogP) is 4.13. The van der Waals surface area contributed by atoms with Crippen molar-refractivity contribution >= 4 is 17.4 Å². The Bertz CT molecular complexity index is 728. The molecular weight excluding hydrogens is 274 g/mol. The van der Waals surface area contributed by atoms with Crippen molar-refractivity contribution in [2.24, 2.45) is 0 Å². The zero-order valence-corrected chi connectivity index (χ0v) is 11.7. The molecule has 2 heterocycles. The van der Waals surface area contributed by atoms with E-state index in [2.05, 4.69) is 10.2 Å². The van der Waals surface area contributed by atoms with Gasteiger partial charge in [0.25, 0.3) is 0 Å². The first-order chi connectivity index (χ1) is 9.70. The van der Waals surface area contributed by atoms with Crippen LogP contribution in [-0.4, -0.2) is 10.2 Å². The van der Waals surface area contributed by atoms with Crippen LogP contribution in [0.15, 0.2) is 41.0 Å². The van der Waals surface area contributed by atoms with Crippen molar-refractivity contribution in [2.45, 2.75) is 13.3 Å². The second-order valence-electron chi connectivity index (χ2n) is 4.48. The van der Waals surface area contributed by atoms with Crippen LogP contribution in [0.2, 0.25) is 5.02 Å². The largest absolute Gasteiger partial charge is 0.469 e. The van der Waals surface area contributed by atoms with Crippen molar-refractivity contribution in [1.29, 1.82) is 0 Å². The third-order valence-corrected chi connectivity index (χ3v) is 3.52. The Kier molecular flexibility index (Phi) is 3.24. The van der Waals surface area contributed by atoms with Crippen LogP contribution in [0.3, 0.4) is 0 Å². The van der Waals surface area contributed by atoms with Crippen LogP contribution in [0, 0.1) is 0 Å². The molecular formula is C15H14ClN3O. The number of benzene rings is 1. The van der Waals surface area contributed by atoms with Gasteiger partial charge in [-0.2, -0.15) is 5.10 Å². The molecule has 0 spiro atoms. The molecule has 0 unspecified atom stereocenters. The monoisotopic (exact) mass is 287 g/mol. The van der Waals surface area contributed by atoms with E-state index < -0.39 is 0 Å². The molecule has 0 aliphatic rings. The molecule has 0 saturated heterocycles. The molecule has 20 heavy (non-hydrogen) atoms. The minimum Gasteiger partial charge on any atom is -0.469 e. The predicted molar refractivity (Wildman–Crippen MR) is 80.5 cm³/mol. The van der Waals surface area contributed by atoms with Gasteiger partial charge in [-0.15, -0.1) is 0 Å². The number of aromatic amines is 1. The summed E-state index contributed by atoms with van der Waals surface area (Å²) in [4.78, 5) is 0. The minimum absolute atomic E-state index is 0.463. The van der Waals surface area contributed by atoms with Gasteiger partial charge in [-0.1, -0.05) is 30.7 Å². The van der Waals surface area contributed by atoms with Crippen molar-refractivity contribution in [3.05, 3.63) is 47.4 Å². The Hall–Kier alpha value is -2.20. The van der Waals surface area contributed by atoms with E-state index in [0.29, 0.717) is 10.8 Å². The molecule has 3 aromatic rings. The number of halogens is 1. The molecule has 3 N–H and O–H groups in total. The topological polar surface area (TPSA) is 67.8 Å². The molecule has 0 aliphatic carbocycles. The van der Waals surface area contributed by atoms with E-state index in [-0.39, 0.29) is 0 Å². The van der Waals surface area contributed by atoms with Crippen LogP contribution in [0.1, 0.15) is 12.7 Å². The average Bonchev–Trinajstić information content (AvgIpc) is 3.05. The second kappa shape index (κ2) is 5.06. The minimum atomic E-state index is 0.463. The normalized spacial score (nSPS) is 10.9. The maximum Gasteiger partial charge on any atom is 0.153 e. The standard InChI is InChI=1S/C15H14ClN3O/c1-2-12-11(7-8-20-12)14-13(15(17)19-18-14)9-3-5-10(16)6-4-9/h3-8H,2H2,1H3,(H3,17,18,19). The number of nitrogens with zero attached hydrogens (tertiary/aromatic N) is 1. The fourth-order valence-corrected chi connectivity index (χ4v) is 2.42. The van der Waals surface area contributed by atoms with Gasteiger partial charge in [0, 0.05) is 17.0 Å². The molecule has 0 atom stereocenters. The van der Waals surface area contributed by atoms with Gasteiger partial charge in [0.05, 0.1) is 17.5 Å². The first-order valence-corrected chi connectivity index (χ1v) is 6.75. The Morgan fingerprint density at radius 1 is 1.25 bits per heavy atom. The summed E-state index contributed by atoms with van der Waals surface area (Å²) in [5.41, 5.74) is 9.71. The summed E-state index contributed by atoms with van der Waals surface area (Å²) in [7, 11) is 0. The zero-order chi connectivity index (χ0) is 14.1. The summed E-state index contributed by atoms with van der Waals surface area (Å²) < 4.78 is 5.48. The van der Waals surface area contributed by atoms with E-state index in [9.17, 15) is 0 Å². The molecule has 0 amide bonds. The van der Waals surface area contributed by atoms with Crippen LogP contribution >= 0.6 is 11.6 Å². The molecule has 5 heteroatoms. The average molecular weight is 288 g/mol. The molecule has 0 fully saturated rings. The Balaban J connectivity index is 2.17. The first-order valence-electron chi connectivity index (χ1n) is 6.37. The highest BCUT2D eigenvalue weighted by Gasteiger charge is 2.18. The highest BCUT2D eigenvalue weighted by Crippen LogP contribution is 2.37. The fourth-order valence-electron chi connectivity index (χ4n) is 2.30. The van der Waals surface area contributed by atoms with Crippen molar-refractivity contribution in [2.75, 3.05) is 5.73 Å². The second-order valence-corrected chi connectivity index (χ2v) is 4.91. The Labute approximate surface area is 121 Å². The number of aromatic nitrogens is 2. The van der Waals surface area contributed by atoms with E-state index >= 15 is 0 Å². The van der Waals surface area contributed by atoms with Crippen molar-refractivity contribution < 1.29 is 4.42 Å². The zero-order valence-electron chi connectivity index (χ0n) is 11.0. The number of hydrogen-bond acceptors (Lipinski definition) is 3. The first kappa shape index (κ1) is 12.8. The summed E-state index contributed by atoms with van der Waals surface area (Å²) in [6.07, 6.45) is 2.48. The Morgan fingerprint density at radius 2 is 2.00 bits per heavy atom. The van der Waals surface area contributed by atoms with Crippen LogP contribution in [0.5, 0.6) is 0 Å². The van der Waals surface area contributed by atoms with Crippen LogP contribution in [-0.2, 0) is 6.42 Å². The van der Waals surface area contributed by atoms with Gasteiger partial charge in [-0.25, -0.2) is 0 Å². The van der Waals surface area contributed by atoms with Crippen LogP contribution < -0.4 is 5.73 Å². The summed E-state index contributed by atoms with van der Waals surface area (Å²) >= 11 is 5.93. The van der Waals surface area contributed by atoms with E-state index in [4.69, 9.17) is 21.8 Å². The lowest BCUT2D eigenvalue weighted by molar-refractivity contribution is 0.517. The lowest BCUT2D eigenvalue weighted by atomic mass is 10.0. The number of aryl methyl sites for hydroxylation is 1. The van der Waals surface area contributed by atoms with Crippen LogP contribution in [0.4, 0.5) is 5.82 Å². The maximum absolute atomic E-state index is 6.00. The maximum atomic E-state index is 6.00. The lowest BCUT2D eigenvalue weighted by Gasteiger charge is -2.04. The third kappa shape index (κ3) is 2.08. The summed E-state index contributed by atoms with van der Waals surface area (Å²) in [5.74, 6) is 1.37. The summed E-state index contributed by atoms with van der Waals surface area (Å²) in [5, 5.41) is 7.81. The number of nitrogen functional groups attached to an aromatic ring is 1. The quantitative estimate of drug-likeness (QED) is 0.761. The smallest absolute Gasteiger partial charge is 0.153 e. The van der Waals surface area contributed by atoms with Crippen molar-refractivity contribution in [3.8, 4) is 22.4 Å². The molecule has 4 nitrogen and oxygen atoms in total. The Morgan fingerprint density at radius 3 is 2.70 bits per heavy atom. The molecule has 0 aliphatic heterocycles. The lowest BCUT2D eigenvalue weighted by Crippen LogP contribution is -1.89. The highest BCUT2D eigenvalue weighted by atomic mass is 35.5. The fraction of sp³-hybridized carbons (Fsp3) is 0.133. The summed E-state index contributed by atoms with van der Waals surface area (Å²) in [6.45, 7) is 2.05. The van der Waals surface area contributed by atoms with E-state index in [0.717, 1.165) is 34.6 Å². The number of rotatable bonds is 3. The van der Waals surface area contributed by atoms with Gasteiger partial charge in [0.15, 0.2) is 5.82 Å². The van der Waals surface area contributed by atoms with Gasteiger partial charge in [0.2, 0.25) is 0 Å². The van der Waals surface area contributed by atoms with Crippen molar-refractivity contribution in [3.63, 3.8) is 0 Å². The number of hydrogen-bond donors (Lipinski definition) is 2. The number of anilines is 1. The molecule has 0 bridgehead atoms. The molecule has 0 radical (unpaired) electrons. The third-order valence-electron chi connectivity index (χ3n) is 3.26. The highest BCUT2D eigenvalue weighted by molar-refractivity contribution is 6.30. The van der Waals surface area contributed by atoms with Gasteiger partial charge in [0.1, 0.15) is 5.76 Å². The molecule has 3 rings (SSSR count). The number of nitrogens with one attached hydrogen (secondary N) is 1. The van der Waals surface area contributed by atoms with E-state index in [1.807, 2.05) is 37.3 Å². The van der Waals surface area contributed by atoms with Gasteiger partial charge in [-0.3, -0.25) is 5.10 Å². The van der Waals surface area contributed by atoms with Gasteiger partial charge < -0.3 is 10.2 Å². The van der Waals surface area contributed by atoms with E-state index in [1.54, 1.807) is 6.26 Å². The van der Waals surface area contributed by atoms with Crippen LogP contribution in [0.25, 0.3) is 22.4 Å². The number of nitrogens with two attached hydrogens (primary N) is 1. The molecule has 2 aromatic heterocycles. The number of furan rings is 1. The van der Waals surface area contributed by atoms with Crippen molar-refractivity contribution in [1.82, 2.24) is 10.2 Å². The van der Waals surface area contributed by atoms with E-state index in [1.165, 1.54) is 0 Å². The molecule has 0 saturated carbocycles. The SMILES string of the molecule is CCc1occc1-c1[nH]nc(N)c1-c1ccc(Cl)cc1. The molecule has 1 aromatic carbocycles. The van der Waals surface area contributed by atoms with Gasteiger partial charge >= 0.3 is 0 Å². The molecule has 102 valence electrons. The van der Waals surface area contributed by atoms with Gasteiger partial charge in [-0.05, 0) is 23.8 Å². The number of H-pyrrole nitrogens is 1.